The molecule has 1 amide bonds. The van der Waals surface area contributed by atoms with Gasteiger partial charge < -0.3 is 14.8 Å². The largest absolute Gasteiger partial charge is 0.496 e. The quantitative estimate of drug-likeness (QED) is 0.724. The van der Waals surface area contributed by atoms with Crippen LogP contribution in [0.25, 0.3) is 5.69 Å². The normalized spacial score (nSPS) is 11.7. The second-order valence-electron chi connectivity index (χ2n) is 6.27. The number of benzene rings is 2. The highest BCUT2D eigenvalue weighted by molar-refractivity contribution is 5.95. The van der Waals surface area contributed by atoms with Crippen molar-refractivity contribution in [3.05, 3.63) is 71.5 Å². The van der Waals surface area contributed by atoms with Crippen LogP contribution in [0.2, 0.25) is 0 Å². The van der Waals surface area contributed by atoms with Gasteiger partial charge in [-0.3, -0.25) is 4.79 Å². The fraction of sp³-hybridized carbons (Fsp3) is 0.238. The molecule has 3 aromatic rings. The lowest BCUT2D eigenvalue weighted by Gasteiger charge is -2.17. The highest BCUT2D eigenvalue weighted by Gasteiger charge is 2.21. The van der Waals surface area contributed by atoms with Crippen LogP contribution in [0.15, 0.2) is 54.7 Å². The van der Waals surface area contributed by atoms with Crippen molar-refractivity contribution in [2.24, 2.45) is 0 Å². The number of hydrogen-bond acceptors (Lipinski definition) is 4. The molecule has 0 fully saturated rings. The first-order valence-electron chi connectivity index (χ1n) is 8.68. The lowest BCUT2D eigenvalue weighted by atomic mass is 10.0. The molecule has 3 rings (SSSR count). The van der Waals surface area contributed by atoms with E-state index in [1.807, 2.05) is 62.4 Å². The van der Waals surface area contributed by atoms with Crippen molar-refractivity contribution in [2.75, 3.05) is 14.2 Å². The Morgan fingerprint density at radius 1 is 1.07 bits per heavy atom. The van der Waals surface area contributed by atoms with Crippen molar-refractivity contribution >= 4 is 5.91 Å². The third-order valence-corrected chi connectivity index (χ3v) is 4.34. The molecule has 2 aromatic carbocycles. The Morgan fingerprint density at radius 3 is 2.44 bits per heavy atom. The summed E-state index contributed by atoms with van der Waals surface area (Å²) in [5.41, 5.74) is 3.09. The average molecular weight is 365 g/mol. The first-order chi connectivity index (χ1) is 13.0. The topological polar surface area (TPSA) is 65.4 Å². The van der Waals surface area contributed by atoms with Gasteiger partial charge in [0, 0.05) is 5.56 Å². The molecule has 0 aliphatic rings. The van der Waals surface area contributed by atoms with E-state index in [0.717, 1.165) is 22.6 Å². The van der Waals surface area contributed by atoms with E-state index >= 15 is 0 Å². The molecule has 140 valence electrons. The number of para-hydroxylation sites is 1. The van der Waals surface area contributed by atoms with E-state index in [-0.39, 0.29) is 17.6 Å². The van der Waals surface area contributed by atoms with Crippen LogP contribution in [-0.4, -0.2) is 29.9 Å². The summed E-state index contributed by atoms with van der Waals surface area (Å²) < 4.78 is 12.4. The van der Waals surface area contributed by atoms with Crippen LogP contribution in [0.4, 0.5) is 0 Å². The molecular weight excluding hydrogens is 342 g/mol. The SMILES string of the molecule is COc1ccc(C)cc1C(C)NC(=O)c1nn(-c2ccccc2)cc1OC. The Hall–Kier alpha value is -3.28. The molecule has 6 heteroatoms. The minimum absolute atomic E-state index is 0.236. The zero-order valence-corrected chi connectivity index (χ0v) is 15.9. The van der Waals surface area contributed by atoms with E-state index in [2.05, 4.69) is 10.4 Å². The fourth-order valence-corrected chi connectivity index (χ4v) is 2.91. The average Bonchev–Trinajstić information content (AvgIpc) is 3.13. The van der Waals surface area contributed by atoms with E-state index in [0.29, 0.717) is 5.75 Å². The van der Waals surface area contributed by atoms with Crippen molar-refractivity contribution in [1.29, 1.82) is 0 Å². The predicted octanol–water partition coefficient (Wildman–Crippen LogP) is 3.69. The van der Waals surface area contributed by atoms with Gasteiger partial charge in [0.15, 0.2) is 11.4 Å². The van der Waals surface area contributed by atoms with Crippen LogP contribution in [0, 0.1) is 6.92 Å². The Morgan fingerprint density at radius 2 is 1.78 bits per heavy atom. The maximum atomic E-state index is 12.8. The van der Waals surface area contributed by atoms with Gasteiger partial charge in [0.2, 0.25) is 0 Å². The maximum Gasteiger partial charge on any atom is 0.276 e. The van der Waals surface area contributed by atoms with Crippen LogP contribution in [-0.2, 0) is 0 Å². The number of nitrogens with zero attached hydrogens (tertiary/aromatic N) is 2. The van der Waals surface area contributed by atoms with Crippen LogP contribution in [0.1, 0.15) is 34.6 Å². The molecule has 1 N–H and O–H groups in total. The Labute approximate surface area is 158 Å². The standard InChI is InChI=1S/C21H23N3O3/c1-14-10-11-18(26-3)17(12-14)15(2)22-21(25)20-19(27-4)13-24(23-20)16-8-6-5-7-9-16/h5-13,15H,1-4H3,(H,22,25). The Bertz CT molecular complexity index is 935. The summed E-state index contributed by atoms with van der Waals surface area (Å²) in [4.78, 5) is 12.8. The first kappa shape index (κ1) is 18.5. The molecule has 1 aromatic heterocycles. The maximum absolute atomic E-state index is 12.8. The molecule has 0 aliphatic heterocycles. The van der Waals surface area contributed by atoms with E-state index in [9.17, 15) is 4.79 Å². The highest BCUT2D eigenvalue weighted by Crippen LogP contribution is 2.27. The third-order valence-electron chi connectivity index (χ3n) is 4.34. The molecule has 27 heavy (non-hydrogen) atoms. The Kier molecular flexibility index (Phi) is 5.45. The van der Waals surface area contributed by atoms with Gasteiger partial charge in [0.1, 0.15) is 5.75 Å². The summed E-state index contributed by atoms with van der Waals surface area (Å²) in [7, 11) is 3.14. The highest BCUT2D eigenvalue weighted by atomic mass is 16.5. The van der Waals surface area contributed by atoms with Crippen LogP contribution >= 0.6 is 0 Å². The molecule has 0 aliphatic carbocycles. The minimum Gasteiger partial charge on any atom is -0.496 e. The van der Waals surface area contributed by atoms with Gasteiger partial charge in [-0.1, -0.05) is 35.9 Å². The molecule has 6 nitrogen and oxygen atoms in total. The van der Waals surface area contributed by atoms with Gasteiger partial charge >= 0.3 is 0 Å². The summed E-state index contributed by atoms with van der Waals surface area (Å²) in [5, 5.41) is 7.39. The number of ether oxygens (including phenoxy) is 2. The van der Waals surface area contributed by atoms with Gasteiger partial charge in [-0.05, 0) is 32.0 Å². The van der Waals surface area contributed by atoms with Crippen molar-refractivity contribution in [3.63, 3.8) is 0 Å². The summed E-state index contributed by atoms with van der Waals surface area (Å²) >= 11 is 0. The van der Waals surface area contributed by atoms with Gasteiger partial charge in [0.05, 0.1) is 32.1 Å². The van der Waals surface area contributed by atoms with E-state index in [4.69, 9.17) is 9.47 Å². The zero-order chi connectivity index (χ0) is 19.4. The lowest BCUT2D eigenvalue weighted by molar-refractivity contribution is 0.0931. The van der Waals surface area contributed by atoms with Crippen LogP contribution in [0.3, 0.4) is 0 Å². The number of rotatable bonds is 6. The smallest absolute Gasteiger partial charge is 0.276 e. The predicted molar refractivity (Wildman–Crippen MR) is 104 cm³/mol. The monoisotopic (exact) mass is 365 g/mol. The first-order valence-corrected chi connectivity index (χ1v) is 8.68. The second-order valence-corrected chi connectivity index (χ2v) is 6.27. The van der Waals surface area contributed by atoms with Crippen molar-refractivity contribution in [3.8, 4) is 17.2 Å². The number of carbonyl (C=O) groups is 1. The number of hydrogen-bond donors (Lipinski definition) is 1. The van der Waals surface area contributed by atoms with E-state index < -0.39 is 0 Å². The number of amides is 1. The number of methoxy groups -OCH3 is 2. The van der Waals surface area contributed by atoms with Gasteiger partial charge in [-0.25, -0.2) is 4.68 Å². The number of aromatic nitrogens is 2. The molecule has 1 unspecified atom stereocenters. The van der Waals surface area contributed by atoms with Crippen molar-refractivity contribution in [1.82, 2.24) is 15.1 Å². The fourth-order valence-electron chi connectivity index (χ4n) is 2.91. The van der Waals surface area contributed by atoms with E-state index in [1.165, 1.54) is 7.11 Å². The minimum atomic E-state index is -0.308. The molecular formula is C21H23N3O3. The number of carbonyl (C=O) groups excluding carboxylic acids is 1. The van der Waals surface area contributed by atoms with Gasteiger partial charge in [-0.15, -0.1) is 0 Å². The second kappa shape index (κ2) is 7.95. The van der Waals surface area contributed by atoms with Gasteiger partial charge in [0.25, 0.3) is 5.91 Å². The summed E-state index contributed by atoms with van der Waals surface area (Å²) in [6, 6.07) is 15.2. The van der Waals surface area contributed by atoms with E-state index in [1.54, 1.807) is 18.0 Å². The zero-order valence-electron chi connectivity index (χ0n) is 15.9. The molecule has 1 heterocycles. The van der Waals surface area contributed by atoms with Crippen LogP contribution in [0.5, 0.6) is 11.5 Å². The molecule has 0 saturated carbocycles. The van der Waals surface area contributed by atoms with Crippen molar-refractivity contribution < 1.29 is 14.3 Å². The molecule has 1 atom stereocenters. The Balaban J connectivity index is 1.86. The number of nitrogens with one attached hydrogen (secondary N) is 1. The molecule has 0 radical (unpaired) electrons. The molecule has 0 bridgehead atoms. The third kappa shape index (κ3) is 3.95. The summed E-state index contributed by atoms with van der Waals surface area (Å²) in [5.74, 6) is 0.840. The molecule has 0 saturated heterocycles. The lowest BCUT2D eigenvalue weighted by Crippen LogP contribution is -2.28. The summed E-state index contributed by atoms with van der Waals surface area (Å²) in [6.45, 7) is 3.91. The van der Waals surface area contributed by atoms with Crippen LogP contribution < -0.4 is 14.8 Å². The summed E-state index contributed by atoms with van der Waals surface area (Å²) in [6.07, 6.45) is 1.70. The molecule has 0 spiro atoms. The number of aryl methyl sites for hydroxylation is 1. The van der Waals surface area contributed by atoms with Gasteiger partial charge in [-0.2, -0.15) is 5.10 Å². The van der Waals surface area contributed by atoms with Crippen molar-refractivity contribution in [2.45, 2.75) is 19.9 Å².